The Balaban J connectivity index is 1.40. The first kappa shape index (κ1) is 16.8. The zero-order valence-corrected chi connectivity index (χ0v) is 15.8. The topological polar surface area (TPSA) is 104 Å². The Kier molecular flexibility index (Phi) is 3.79. The van der Waals surface area contributed by atoms with Crippen molar-refractivity contribution in [3.63, 3.8) is 0 Å². The fourth-order valence-corrected chi connectivity index (χ4v) is 3.49. The Hall–Kier alpha value is -3.40. The van der Waals surface area contributed by atoms with Crippen molar-refractivity contribution in [2.24, 2.45) is 0 Å². The number of aryl methyl sites for hydroxylation is 2. The highest BCUT2D eigenvalue weighted by Gasteiger charge is 2.30. The summed E-state index contributed by atoms with van der Waals surface area (Å²) in [6.07, 6.45) is 3.49. The zero-order valence-electron chi connectivity index (χ0n) is 15.8. The van der Waals surface area contributed by atoms with Gasteiger partial charge in [0.25, 0.3) is 0 Å². The van der Waals surface area contributed by atoms with Gasteiger partial charge in [0.1, 0.15) is 23.9 Å². The lowest BCUT2D eigenvalue weighted by molar-refractivity contribution is 0.139. The van der Waals surface area contributed by atoms with Crippen molar-refractivity contribution in [1.82, 2.24) is 44.6 Å². The van der Waals surface area contributed by atoms with E-state index in [2.05, 4.69) is 35.3 Å². The van der Waals surface area contributed by atoms with Crippen LogP contribution in [0.5, 0.6) is 0 Å². The number of rotatable bonds is 3. The van der Waals surface area contributed by atoms with Crippen LogP contribution in [0.1, 0.15) is 29.1 Å². The summed E-state index contributed by atoms with van der Waals surface area (Å²) in [6, 6.07) is 5.83. The van der Waals surface area contributed by atoms with Crippen LogP contribution in [-0.4, -0.2) is 51.6 Å². The van der Waals surface area contributed by atoms with Gasteiger partial charge in [-0.2, -0.15) is 10.1 Å². The SMILES string of the molecule is Cc1cc(C)n(-c2ccc(-c3noc(C4Cn5cnnc5CN4C)n3)nc2)n1. The monoisotopic (exact) mass is 377 g/mol. The molecule has 1 aliphatic rings. The second-order valence-electron chi connectivity index (χ2n) is 7.03. The van der Waals surface area contributed by atoms with Gasteiger partial charge in [0.05, 0.1) is 24.1 Å². The lowest BCUT2D eigenvalue weighted by Crippen LogP contribution is -2.34. The maximum atomic E-state index is 5.54. The Morgan fingerprint density at radius 1 is 1.21 bits per heavy atom. The third-order valence-electron chi connectivity index (χ3n) is 4.95. The van der Waals surface area contributed by atoms with E-state index < -0.39 is 0 Å². The van der Waals surface area contributed by atoms with E-state index in [0.29, 0.717) is 30.5 Å². The summed E-state index contributed by atoms with van der Waals surface area (Å²) in [5.41, 5.74) is 3.58. The fourth-order valence-electron chi connectivity index (χ4n) is 3.49. The summed E-state index contributed by atoms with van der Waals surface area (Å²) in [7, 11) is 2.01. The highest BCUT2D eigenvalue weighted by molar-refractivity contribution is 5.50. The highest BCUT2D eigenvalue weighted by Crippen LogP contribution is 2.27. The smallest absolute Gasteiger partial charge is 0.246 e. The molecule has 0 N–H and O–H groups in total. The third-order valence-corrected chi connectivity index (χ3v) is 4.95. The van der Waals surface area contributed by atoms with Crippen LogP contribution >= 0.6 is 0 Å². The minimum Gasteiger partial charge on any atom is -0.337 e. The summed E-state index contributed by atoms with van der Waals surface area (Å²) in [4.78, 5) is 11.2. The summed E-state index contributed by atoms with van der Waals surface area (Å²) in [5, 5.41) is 16.7. The molecule has 1 atom stereocenters. The van der Waals surface area contributed by atoms with Crippen molar-refractivity contribution in [3.05, 3.63) is 53.8 Å². The Morgan fingerprint density at radius 3 is 2.86 bits per heavy atom. The molecule has 1 aliphatic heterocycles. The molecule has 4 aromatic heterocycles. The standard InChI is InChI=1S/C18H19N9O/c1-11-6-12(2)27(23-11)13-4-5-14(19-7-13)17-21-18(28-24-17)15-8-26-10-20-22-16(26)9-25(15)3/h4-7,10,15H,8-9H2,1-3H3. The number of nitrogens with zero attached hydrogens (tertiary/aromatic N) is 9. The van der Waals surface area contributed by atoms with Gasteiger partial charge in [-0.1, -0.05) is 5.16 Å². The average Bonchev–Trinajstić information content (AvgIpc) is 3.41. The molecule has 0 aliphatic carbocycles. The maximum absolute atomic E-state index is 5.54. The average molecular weight is 377 g/mol. The van der Waals surface area contributed by atoms with Crippen molar-refractivity contribution in [2.45, 2.75) is 33.0 Å². The van der Waals surface area contributed by atoms with Gasteiger partial charge in [0, 0.05) is 12.2 Å². The van der Waals surface area contributed by atoms with Crippen LogP contribution in [0.4, 0.5) is 0 Å². The summed E-state index contributed by atoms with van der Waals surface area (Å²) in [5.74, 6) is 1.96. The molecule has 0 radical (unpaired) electrons. The van der Waals surface area contributed by atoms with E-state index in [1.807, 2.05) is 48.3 Å². The predicted octanol–water partition coefficient (Wildman–Crippen LogP) is 1.71. The van der Waals surface area contributed by atoms with Crippen LogP contribution in [0.3, 0.4) is 0 Å². The lowest BCUT2D eigenvalue weighted by Gasteiger charge is -2.29. The molecule has 10 heteroatoms. The molecule has 0 aromatic carbocycles. The van der Waals surface area contributed by atoms with E-state index in [0.717, 1.165) is 22.9 Å². The van der Waals surface area contributed by atoms with E-state index in [1.54, 1.807) is 12.5 Å². The normalized spacial score (nSPS) is 17.0. The van der Waals surface area contributed by atoms with Crippen LogP contribution < -0.4 is 0 Å². The number of aromatic nitrogens is 8. The lowest BCUT2D eigenvalue weighted by atomic mass is 10.2. The number of fused-ring (bicyclic) bond motifs is 1. The highest BCUT2D eigenvalue weighted by atomic mass is 16.5. The van der Waals surface area contributed by atoms with Gasteiger partial charge in [-0.25, -0.2) is 4.68 Å². The Labute approximate surface area is 160 Å². The van der Waals surface area contributed by atoms with Gasteiger partial charge in [0.2, 0.25) is 11.7 Å². The van der Waals surface area contributed by atoms with Crippen molar-refractivity contribution >= 4 is 0 Å². The van der Waals surface area contributed by atoms with Crippen LogP contribution in [0, 0.1) is 13.8 Å². The third kappa shape index (κ3) is 2.78. The first-order valence-corrected chi connectivity index (χ1v) is 8.99. The van der Waals surface area contributed by atoms with Crippen LogP contribution in [-0.2, 0) is 13.1 Å². The fraction of sp³-hybridized carbons (Fsp3) is 0.333. The molecule has 0 bridgehead atoms. The molecule has 142 valence electrons. The molecule has 10 nitrogen and oxygen atoms in total. The molecule has 5 rings (SSSR count). The van der Waals surface area contributed by atoms with Crippen molar-refractivity contribution in [3.8, 4) is 17.2 Å². The first-order chi connectivity index (χ1) is 13.6. The van der Waals surface area contributed by atoms with E-state index in [4.69, 9.17) is 4.52 Å². The van der Waals surface area contributed by atoms with E-state index in [1.165, 1.54) is 0 Å². The van der Waals surface area contributed by atoms with Crippen molar-refractivity contribution < 1.29 is 4.52 Å². The summed E-state index contributed by atoms with van der Waals surface area (Å²) < 4.78 is 9.42. The van der Waals surface area contributed by atoms with Crippen LogP contribution in [0.25, 0.3) is 17.2 Å². The summed E-state index contributed by atoms with van der Waals surface area (Å²) in [6.45, 7) is 5.33. The van der Waals surface area contributed by atoms with E-state index in [9.17, 15) is 0 Å². The largest absolute Gasteiger partial charge is 0.337 e. The van der Waals surface area contributed by atoms with Gasteiger partial charge >= 0.3 is 0 Å². The minimum absolute atomic E-state index is 0.0290. The van der Waals surface area contributed by atoms with Crippen molar-refractivity contribution in [2.75, 3.05) is 7.05 Å². The van der Waals surface area contributed by atoms with Crippen molar-refractivity contribution in [1.29, 1.82) is 0 Å². The second-order valence-corrected chi connectivity index (χ2v) is 7.03. The molecular weight excluding hydrogens is 358 g/mol. The van der Waals surface area contributed by atoms with Crippen LogP contribution in [0.2, 0.25) is 0 Å². The van der Waals surface area contributed by atoms with Gasteiger partial charge in [-0.05, 0) is 39.1 Å². The molecule has 0 spiro atoms. The Bertz CT molecular complexity index is 1120. The molecule has 5 heterocycles. The molecule has 0 saturated heterocycles. The van der Waals surface area contributed by atoms with Gasteiger partial charge in [0.15, 0.2) is 0 Å². The number of hydrogen-bond donors (Lipinski definition) is 0. The number of likely N-dealkylation sites (N-methyl/N-ethyl adjacent to an activating group) is 1. The molecular formula is C18H19N9O. The number of hydrogen-bond acceptors (Lipinski definition) is 8. The van der Waals surface area contributed by atoms with E-state index in [-0.39, 0.29) is 6.04 Å². The summed E-state index contributed by atoms with van der Waals surface area (Å²) >= 11 is 0. The van der Waals surface area contributed by atoms with Gasteiger partial charge < -0.3 is 9.09 Å². The Morgan fingerprint density at radius 2 is 2.11 bits per heavy atom. The first-order valence-electron chi connectivity index (χ1n) is 8.99. The predicted molar refractivity (Wildman–Crippen MR) is 98.4 cm³/mol. The second kappa shape index (κ2) is 6.34. The molecule has 4 aromatic rings. The van der Waals surface area contributed by atoms with Gasteiger partial charge in [-0.15, -0.1) is 10.2 Å². The minimum atomic E-state index is -0.0290. The van der Waals surface area contributed by atoms with Crippen LogP contribution in [0.15, 0.2) is 35.2 Å². The van der Waals surface area contributed by atoms with Gasteiger partial charge in [-0.3, -0.25) is 9.88 Å². The maximum Gasteiger partial charge on any atom is 0.246 e. The molecule has 0 saturated carbocycles. The quantitative estimate of drug-likeness (QED) is 0.531. The van der Waals surface area contributed by atoms with E-state index >= 15 is 0 Å². The number of pyridine rings is 1. The molecule has 0 amide bonds. The zero-order chi connectivity index (χ0) is 19.3. The molecule has 1 unspecified atom stereocenters. The molecule has 0 fully saturated rings. The molecule has 28 heavy (non-hydrogen) atoms.